The molecule has 1 rings (SSSR count). The van der Waals surface area contributed by atoms with E-state index in [4.69, 9.17) is 10.5 Å². The van der Waals surface area contributed by atoms with E-state index in [-0.39, 0.29) is 5.60 Å². The van der Waals surface area contributed by atoms with Crippen LogP contribution in [0.1, 0.15) is 32.2 Å². The van der Waals surface area contributed by atoms with E-state index in [9.17, 15) is 0 Å². The average molecular weight is 195 g/mol. The number of hydrogen-bond acceptors (Lipinski definition) is 4. The van der Waals surface area contributed by atoms with Crippen LogP contribution in [-0.2, 0) is 0 Å². The van der Waals surface area contributed by atoms with Gasteiger partial charge in [-0.25, -0.2) is 4.98 Å². The van der Waals surface area contributed by atoms with Crippen molar-refractivity contribution in [2.75, 3.05) is 5.73 Å². The van der Waals surface area contributed by atoms with Gasteiger partial charge in [-0.2, -0.15) is 4.98 Å². The molecule has 0 aliphatic carbocycles. The molecular weight excluding hydrogens is 178 g/mol. The average Bonchev–Trinajstić information content (AvgIpc) is 1.96. The summed E-state index contributed by atoms with van der Waals surface area (Å²) < 4.78 is 5.66. The summed E-state index contributed by atoms with van der Waals surface area (Å²) in [4.78, 5) is 8.26. The summed E-state index contributed by atoms with van der Waals surface area (Å²) in [5.74, 6) is 1.69. The van der Waals surface area contributed by atoms with Crippen LogP contribution in [0, 0.1) is 13.8 Å². The summed E-state index contributed by atoms with van der Waals surface area (Å²) in [7, 11) is 0. The van der Waals surface area contributed by atoms with Crippen LogP contribution >= 0.6 is 0 Å². The van der Waals surface area contributed by atoms with E-state index in [1.807, 2.05) is 27.7 Å². The molecule has 1 heterocycles. The van der Waals surface area contributed by atoms with Gasteiger partial charge >= 0.3 is 0 Å². The van der Waals surface area contributed by atoms with Crippen LogP contribution in [0.4, 0.5) is 5.82 Å². The zero-order chi connectivity index (χ0) is 10.9. The number of anilines is 1. The summed E-state index contributed by atoms with van der Waals surface area (Å²) in [6.45, 7) is 9.57. The third-order valence-corrected chi connectivity index (χ3v) is 1.65. The van der Waals surface area contributed by atoms with E-state index in [0.29, 0.717) is 17.5 Å². The Hall–Kier alpha value is -1.32. The third-order valence-electron chi connectivity index (χ3n) is 1.65. The van der Waals surface area contributed by atoms with Crippen LogP contribution in [0.25, 0.3) is 0 Å². The minimum atomic E-state index is -0.266. The highest BCUT2D eigenvalue weighted by molar-refractivity contribution is 5.44. The molecule has 1 aromatic rings. The molecule has 0 atom stereocenters. The van der Waals surface area contributed by atoms with Gasteiger partial charge in [0.05, 0.1) is 5.56 Å². The van der Waals surface area contributed by atoms with Gasteiger partial charge < -0.3 is 10.5 Å². The molecule has 0 saturated heterocycles. The Kier molecular flexibility index (Phi) is 2.64. The molecule has 0 aliphatic heterocycles. The maximum Gasteiger partial charge on any atom is 0.222 e. The number of nitrogen functional groups attached to an aromatic ring is 1. The molecule has 0 unspecified atom stereocenters. The Morgan fingerprint density at radius 2 is 1.71 bits per heavy atom. The van der Waals surface area contributed by atoms with Gasteiger partial charge in [-0.1, -0.05) is 0 Å². The number of hydrogen-bond donors (Lipinski definition) is 1. The van der Waals surface area contributed by atoms with Crippen LogP contribution in [-0.4, -0.2) is 15.6 Å². The Labute approximate surface area is 84.5 Å². The van der Waals surface area contributed by atoms with Crippen molar-refractivity contribution in [2.24, 2.45) is 0 Å². The van der Waals surface area contributed by atoms with Crippen LogP contribution in [0.2, 0.25) is 0 Å². The number of nitrogens with zero attached hydrogens (tertiary/aromatic N) is 2. The van der Waals surface area contributed by atoms with E-state index in [1.165, 1.54) is 0 Å². The van der Waals surface area contributed by atoms with Crippen LogP contribution in [0.5, 0.6) is 5.88 Å². The van der Waals surface area contributed by atoms with Crippen LogP contribution in [0.3, 0.4) is 0 Å². The van der Waals surface area contributed by atoms with Crippen molar-refractivity contribution < 1.29 is 4.74 Å². The number of nitrogens with two attached hydrogens (primary N) is 1. The van der Waals surface area contributed by atoms with E-state index < -0.39 is 0 Å². The van der Waals surface area contributed by atoms with Crippen molar-refractivity contribution in [3.8, 4) is 5.88 Å². The SMILES string of the molecule is Cc1nc(N)c(C)c(OC(C)(C)C)n1. The summed E-state index contributed by atoms with van der Waals surface area (Å²) in [5.41, 5.74) is 6.24. The first-order valence-corrected chi connectivity index (χ1v) is 4.59. The smallest absolute Gasteiger partial charge is 0.222 e. The first-order chi connectivity index (χ1) is 6.29. The van der Waals surface area contributed by atoms with Crippen molar-refractivity contribution >= 4 is 5.82 Å². The second-order valence-corrected chi connectivity index (χ2v) is 4.30. The molecule has 4 heteroatoms. The topological polar surface area (TPSA) is 61.0 Å². The molecule has 2 N–H and O–H groups in total. The number of rotatable bonds is 1. The van der Waals surface area contributed by atoms with Crippen LogP contribution < -0.4 is 10.5 Å². The van der Waals surface area contributed by atoms with Gasteiger partial charge in [0.25, 0.3) is 0 Å². The zero-order valence-electron chi connectivity index (χ0n) is 9.38. The second kappa shape index (κ2) is 3.44. The monoisotopic (exact) mass is 195 g/mol. The molecule has 0 aliphatic rings. The number of ether oxygens (including phenoxy) is 1. The number of aryl methyl sites for hydroxylation is 1. The summed E-state index contributed by atoms with van der Waals surface area (Å²) >= 11 is 0. The first-order valence-electron chi connectivity index (χ1n) is 4.59. The highest BCUT2D eigenvalue weighted by atomic mass is 16.5. The Bertz CT molecular complexity index is 342. The van der Waals surface area contributed by atoms with E-state index in [0.717, 1.165) is 5.56 Å². The van der Waals surface area contributed by atoms with Crippen molar-refractivity contribution in [3.63, 3.8) is 0 Å². The van der Waals surface area contributed by atoms with Crippen molar-refractivity contribution in [1.29, 1.82) is 0 Å². The molecule has 0 amide bonds. The summed E-state index contributed by atoms with van der Waals surface area (Å²) in [6, 6.07) is 0. The Morgan fingerprint density at radius 3 is 2.21 bits per heavy atom. The van der Waals surface area contributed by atoms with Gasteiger partial charge in [-0.05, 0) is 34.6 Å². The molecule has 0 fully saturated rings. The van der Waals surface area contributed by atoms with Gasteiger partial charge in [0.2, 0.25) is 5.88 Å². The minimum Gasteiger partial charge on any atom is -0.472 e. The largest absolute Gasteiger partial charge is 0.472 e. The molecule has 0 saturated carbocycles. The molecule has 78 valence electrons. The van der Waals surface area contributed by atoms with Crippen molar-refractivity contribution in [2.45, 2.75) is 40.2 Å². The molecule has 0 bridgehead atoms. The van der Waals surface area contributed by atoms with Gasteiger partial charge in [0.15, 0.2) is 0 Å². The van der Waals surface area contributed by atoms with Gasteiger partial charge in [0, 0.05) is 0 Å². The maximum absolute atomic E-state index is 5.71. The highest BCUT2D eigenvalue weighted by Crippen LogP contribution is 2.23. The standard InChI is InChI=1S/C10H17N3O/c1-6-8(11)12-7(2)13-9(6)14-10(3,4)5/h1-5H3,(H2,11,12,13). The molecule has 14 heavy (non-hydrogen) atoms. The predicted molar refractivity (Wildman–Crippen MR) is 56.3 cm³/mol. The second-order valence-electron chi connectivity index (χ2n) is 4.30. The maximum atomic E-state index is 5.71. The molecule has 4 nitrogen and oxygen atoms in total. The molecule has 0 aromatic carbocycles. The van der Waals surface area contributed by atoms with Crippen molar-refractivity contribution in [3.05, 3.63) is 11.4 Å². The zero-order valence-corrected chi connectivity index (χ0v) is 9.38. The lowest BCUT2D eigenvalue weighted by Gasteiger charge is -2.21. The lowest BCUT2D eigenvalue weighted by molar-refractivity contribution is 0.122. The molecule has 0 radical (unpaired) electrons. The molecule has 1 aromatic heterocycles. The van der Waals surface area contributed by atoms with Gasteiger partial charge in [-0.15, -0.1) is 0 Å². The van der Waals surface area contributed by atoms with Crippen molar-refractivity contribution in [1.82, 2.24) is 9.97 Å². The quantitative estimate of drug-likeness (QED) is 0.743. The fraction of sp³-hybridized carbons (Fsp3) is 0.600. The molecular formula is C10H17N3O. The Morgan fingerprint density at radius 1 is 1.14 bits per heavy atom. The highest BCUT2D eigenvalue weighted by Gasteiger charge is 2.16. The normalized spacial score (nSPS) is 11.5. The third kappa shape index (κ3) is 2.58. The van der Waals surface area contributed by atoms with E-state index >= 15 is 0 Å². The predicted octanol–water partition coefficient (Wildman–Crippen LogP) is 1.85. The fourth-order valence-electron chi connectivity index (χ4n) is 1.01. The minimum absolute atomic E-state index is 0.266. The lowest BCUT2D eigenvalue weighted by Crippen LogP contribution is -2.24. The summed E-state index contributed by atoms with van der Waals surface area (Å²) in [5, 5.41) is 0. The Balaban J connectivity index is 3.09. The summed E-state index contributed by atoms with van der Waals surface area (Å²) in [6.07, 6.45) is 0. The molecule has 0 spiro atoms. The van der Waals surface area contributed by atoms with Gasteiger partial charge in [0.1, 0.15) is 17.2 Å². The number of aromatic nitrogens is 2. The van der Waals surface area contributed by atoms with E-state index in [2.05, 4.69) is 9.97 Å². The van der Waals surface area contributed by atoms with Crippen LogP contribution in [0.15, 0.2) is 0 Å². The van der Waals surface area contributed by atoms with E-state index in [1.54, 1.807) is 6.92 Å². The fourth-order valence-corrected chi connectivity index (χ4v) is 1.01. The lowest BCUT2D eigenvalue weighted by atomic mass is 10.2. The first kappa shape index (κ1) is 10.8. The van der Waals surface area contributed by atoms with Gasteiger partial charge in [-0.3, -0.25) is 0 Å².